The maximum atomic E-state index is 12.4. The summed E-state index contributed by atoms with van der Waals surface area (Å²) in [5, 5.41) is 16.3. The lowest BCUT2D eigenvalue weighted by Crippen LogP contribution is -2.39. The highest BCUT2D eigenvalue weighted by Crippen LogP contribution is 2.24. The van der Waals surface area contributed by atoms with Crippen LogP contribution in [0, 0.1) is 0 Å². The van der Waals surface area contributed by atoms with E-state index < -0.39 is 6.67 Å². The Morgan fingerprint density at radius 3 is 2.94 bits per heavy atom. The van der Waals surface area contributed by atoms with Crippen molar-refractivity contribution >= 4 is 5.69 Å². The van der Waals surface area contributed by atoms with Gasteiger partial charge in [-0.2, -0.15) is 0 Å². The van der Waals surface area contributed by atoms with Gasteiger partial charge in [0.25, 0.3) is 0 Å². The Hall–Kier alpha value is -1.29. The van der Waals surface area contributed by atoms with Crippen molar-refractivity contribution in [2.45, 2.75) is 32.0 Å². The normalized spacial score (nSPS) is 20.2. The van der Waals surface area contributed by atoms with Gasteiger partial charge in [-0.05, 0) is 37.1 Å². The van der Waals surface area contributed by atoms with Crippen LogP contribution in [0.4, 0.5) is 10.1 Å². The number of piperidine rings is 1. The van der Waals surface area contributed by atoms with Crippen LogP contribution in [0.2, 0.25) is 0 Å². The van der Waals surface area contributed by atoms with E-state index in [0.29, 0.717) is 17.3 Å². The molecule has 0 amide bonds. The molecule has 3 N–H and O–H groups in total. The van der Waals surface area contributed by atoms with Crippen LogP contribution in [0.5, 0.6) is 5.75 Å². The van der Waals surface area contributed by atoms with E-state index in [0.717, 1.165) is 19.5 Å². The van der Waals surface area contributed by atoms with E-state index in [2.05, 4.69) is 10.6 Å². The predicted molar refractivity (Wildman–Crippen MR) is 67.1 cm³/mol. The summed E-state index contributed by atoms with van der Waals surface area (Å²) in [5.41, 5.74) is 1.18. The zero-order valence-electron chi connectivity index (χ0n) is 9.88. The van der Waals surface area contributed by atoms with Gasteiger partial charge in [0.2, 0.25) is 0 Å². The van der Waals surface area contributed by atoms with Crippen LogP contribution < -0.4 is 10.6 Å². The molecule has 4 heteroatoms. The molecule has 1 aromatic rings. The molecule has 1 aliphatic rings. The zero-order chi connectivity index (χ0) is 12.1. The molecule has 0 radical (unpaired) electrons. The van der Waals surface area contributed by atoms with Crippen molar-refractivity contribution in [2.75, 3.05) is 18.4 Å². The zero-order valence-corrected chi connectivity index (χ0v) is 9.88. The maximum Gasteiger partial charge on any atom is 0.139 e. The molecule has 0 aliphatic carbocycles. The van der Waals surface area contributed by atoms with Gasteiger partial charge < -0.3 is 15.7 Å². The lowest BCUT2D eigenvalue weighted by atomic mass is 10.0. The Labute approximate surface area is 101 Å². The summed E-state index contributed by atoms with van der Waals surface area (Å²) in [6.07, 6.45) is 3.66. The average molecular weight is 238 g/mol. The highest BCUT2D eigenvalue weighted by atomic mass is 19.1. The van der Waals surface area contributed by atoms with Crippen LogP contribution in [0.3, 0.4) is 0 Å². The molecule has 17 heavy (non-hydrogen) atoms. The van der Waals surface area contributed by atoms with Gasteiger partial charge in [0.05, 0.1) is 5.69 Å². The number of benzene rings is 1. The first-order chi connectivity index (χ1) is 8.29. The number of hydrogen-bond donors (Lipinski definition) is 3. The van der Waals surface area contributed by atoms with Gasteiger partial charge in [0, 0.05) is 12.6 Å². The molecule has 94 valence electrons. The van der Waals surface area contributed by atoms with Crippen LogP contribution in [-0.4, -0.2) is 24.2 Å². The second-order valence-corrected chi connectivity index (χ2v) is 4.51. The summed E-state index contributed by atoms with van der Waals surface area (Å²) in [6, 6.07) is 5.35. The van der Waals surface area contributed by atoms with E-state index in [1.54, 1.807) is 12.1 Å². The number of phenols is 1. The third-order valence-electron chi connectivity index (χ3n) is 3.17. The largest absolute Gasteiger partial charge is 0.506 e. The maximum absolute atomic E-state index is 12.4. The number of rotatable bonds is 4. The smallest absolute Gasteiger partial charge is 0.139 e. The number of hydrogen-bond acceptors (Lipinski definition) is 3. The SMILES string of the molecule is Oc1cc(CF)ccc1NCC1CCCCN1. The Morgan fingerprint density at radius 1 is 1.41 bits per heavy atom. The molecule has 0 saturated carbocycles. The van der Waals surface area contributed by atoms with E-state index >= 15 is 0 Å². The summed E-state index contributed by atoms with van der Waals surface area (Å²) >= 11 is 0. The van der Waals surface area contributed by atoms with Crippen molar-refractivity contribution < 1.29 is 9.50 Å². The van der Waals surface area contributed by atoms with Crippen LogP contribution in [0.15, 0.2) is 18.2 Å². The van der Waals surface area contributed by atoms with Crippen LogP contribution in [-0.2, 0) is 6.67 Å². The van der Waals surface area contributed by atoms with Gasteiger partial charge in [0.15, 0.2) is 0 Å². The second-order valence-electron chi connectivity index (χ2n) is 4.51. The van der Waals surface area contributed by atoms with Crippen molar-refractivity contribution in [3.63, 3.8) is 0 Å². The quantitative estimate of drug-likeness (QED) is 0.706. The summed E-state index contributed by atoms with van der Waals surface area (Å²) in [7, 11) is 0. The molecule has 1 heterocycles. The van der Waals surface area contributed by atoms with E-state index in [-0.39, 0.29) is 5.75 Å². The van der Waals surface area contributed by atoms with Crippen molar-refractivity contribution in [1.29, 1.82) is 0 Å². The molecule has 0 aromatic heterocycles. The number of nitrogens with one attached hydrogen (secondary N) is 2. The topological polar surface area (TPSA) is 44.3 Å². The molecule has 3 nitrogen and oxygen atoms in total. The molecule has 2 rings (SSSR count). The van der Waals surface area contributed by atoms with Gasteiger partial charge >= 0.3 is 0 Å². The Kier molecular flexibility index (Phi) is 4.20. The Bertz CT molecular complexity index is 364. The third kappa shape index (κ3) is 3.33. The molecular formula is C13H19FN2O. The second kappa shape index (κ2) is 5.87. The minimum Gasteiger partial charge on any atom is -0.506 e. The van der Waals surface area contributed by atoms with Crippen LogP contribution in [0.1, 0.15) is 24.8 Å². The molecule has 1 unspecified atom stereocenters. The van der Waals surface area contributed by atoms with Crippen molar-refractivity contribution in [3.05, 3.63) is 23.8 Å². The first kappa shape index (κ1) is 12.2. The van der Waals surface area contributed by atoms with Crippen LogP contribution >= 0.6 is 0 Å². The Morgan fingerprint density at radius 2 is 2.29 bits per heavy atom. The first-order valence-electron chi connectivity index (χ1n) is 6.14. The number of phenolic OH excluding ortho intramolecular Hbond substituents is 1. The van der Waals surface area contributed by atoms with Gasteiger partial charge in [-0.25, -0.2) is 4.39 Å². The summed E-state index contributed by atoms with van der Waals surface area (Å²) in [6.45, 7) is 1.32. The van der Waals surface area contributed by atoms with E-state index in [4.69, 9.17) is 0 Å². The predicted octanol–water partition coefficient (Wildman–Crippen LogP) is 2.42. The minimum atomic E-state index is -0.544. The molecule has 0 bridgehead atoms. The van der Waals surface area contributed by atoms with Gasteiger partial charge in [0.1, 0.15) is 12.4 Å². The van der Waals surface area contributed by atoms with Crippen LogP contribution in [0.25, 0.3) is 0 Å². The van der Waals surface area contributed by atoms with Gasteiger partial charge in [-0.15, -0.1) is 0 Å². The van der Waals surface area contributed by atoms with Crippen molar-refractivity contribution in [2.24, 2.45) is 0 Å². The number of aromatic hydroxyl groups is 1. The monoisotopic (exact) mass is 238 g/mol. The summed E-state index contributed by atoms with van der Waals surface area (Å²) in [5.74, 6) is 0.121. The van der Waals surface area contributed by atoms with E-state index in [1.807, 2.05) is 0 Å². The average Bonchev–Trinajstić information content (AvgIpc) is 2.38. The fourth-order valence-corrected chi connectivity index (χ4v) is 2.14. The summed E-state index contributed by atoms with van der Waals surface area (Å²) < 4.78 is 12.4. The lowest BCUT2D eigenvalue weighted by Gasteiger charge is -2.24. The van der Waals surface area contributed by atoms with Crippen molar-refractivity contribution in [3.8, 4) is 5.75 Å². The molecule has 0 spiro atoms. The number of halogens is 1. The van der Waals surface area contributed by atoms with Gasteiger partial charge in [-0.3, -0.25) is 0 Å². The van der Waals surface area contributed by atoms with Gasteiger partial charge in [-0.1, -0.05) is 12.5 Å². The molecule has 1 atom stereocenters. The standard InChI is InChI=1S/C13H19FN2O/c14-8-10-4-5-12(13(17)7-10)16-9-11-3-1-2-6-15-11/h4-5,7,11,15-17H,1-3,6,8-9H2. The van der Waals surface area contributed by atoms with Crippen molar-refractivity contribution in [1.82, 2.24) is 5.32 Å². The molecule has 1 saturated heterocycles. The first-order valence-corrected chi connectivity index (χ1v) is 6.14. The fourth-order valence-electron chi connectivity index (χ4n) is 2.14. The molecule has 1 fully saturated rings. The highest BCUT2D eigenvalue weighted by Gasteiger charge is 2.12. The van der Waals surface area contributed by atoms with E-state index in [9.17, 15) is 9.50 Å². The summed E-state index contributed by atoms with van der Waals surface area (Å²) in [4.78, 5) is 0. The fraction of sp³-hybridized carbons (Fsp3) is 0.538. The minimum absolute atomic E-state index is 0.121. The third-order valence-corrected chi connectivity index (χ3v) is 3.17. The molecule has 1 aliphatic heterocycles. The number of alkyl halides is 1. The lowest BCUT2D eigenvalue weighted by molar-refractivity contribution is 0.413. The van der Waals surface area contributed by atoms with E-state index in [1.165, 1.54) is 18.9 Å². The number of anilines is 1. The highest BCUT2D eigenvalue weighted by molar-refractivity contribution is 5.56. The molecule has 1 aromatic carbocycles. The Balaban J connectivity index is 1.89. The molecular weight excluding hydrogens is 219 g/mol.